The normalized spacial score (nSPS) is 22.2. The lowest BCUT2D eigenvalue weighted by molar-refractivity contribution is -0.114. The van der Waals surface area contributed by atoms with Crippen molar-refractivity contribution in [2.75, 3.05) is 19.3 Å². The maximum absolute atomic E-state index is 11.7. The molecule has 0 radical (unpaired) electrons. The van der Waals surface area contributed by atoms with Crippen LogP contribution in [0.15, 0.2) is 60.7 Å². The van der Waals surface area contributed by atoms with E-state index < -0.39 is 15.9 Å². The fourth-order valence-electron chi connectivity index (χ4n) is 4.87. The highest BCUT2D eigenvalue weighted by Gasteiger charge is 2.39. The molecule has 2 aromatic carbocycles. The van der Waals surface area contributed by atoms with Gasteiger partial charge in [-0.1, -0.05) is 54.6 Å². The first kappa shape index (κ1) is 22.7. The Labute approximate surface area is 191 Å². The fourth-order valence-corrected chi connectivity index (χ4v) is 5.30. The molecule has 2 fully saturated rings. The fraction of sp³-hybridized carbons (Fsp3) is 0.423. The first-order valence-corrected chi connectivity index (χ1v) is 13.3. The molecule has 2 aromatic rings. The SMILES string of the molecule is CS(=O)(=O)NC(=O)/C=C/c1cccc(CN2CCC(C[C@@H]3C[C@H]3c3ccccc3)CC2)c1. The van der Waals surface area contributed by atoms with Crippen molar-refractivity contribution < 1.29 is 13.2 Å². The second-order valence-electron chi connectivity index (χ2n) is 9.29. The number of nitrogens with zero attached hydrogens (tertiary/aromatic N) is 1. The smallest absolute Gasteiger partial charge is 0.257 e. The van der Waals surface area contributed by atoms with Gasteiger partial charge in [-0.15, -0.1) is 0 Å². The number of amides is 1. The molecule has 2 aliphatic rings. The Morgan fingerprint density at radius 1 is 1.09 bits per heavy atom. The van der Waals surface area contributed by atoms with E-state index in [0.29, 0.717) is 0 Å². The molecule has 32 heavy (non-hydrogen) atoms. The van der Waals surface area contributed by atoms with Crippen LogP contribution in [-0.4, -0.2) is 38.6 Å². The van der Waals surface area contributed by atoms with E-state index in [4.69, 9.17) is 0 Å². The van der Waals surface area contributed by atoms with Gasteiger partial charge in [0.2, 0.25) is 10.0 Å². The van der Waals surface area contributed by atoms with Crippen molar-refractivity contribution in [3.05, 3.63) is 77.4 Å². The molecule has 1 heterocycles. The number of benzene rings is 2. The summed E-state index contributed by atoms with van der Waals surface area (Å²) < 4.78 is 24.2. The molecule has 5 nitrogen and oxygen atoms in total. The quantitative estimate of drug-likeness (QED) is 0.610. The molecule has 1 aliphatic heterocycles. The number of carbonyl (C=O) groups is 1. The van der Waals surface area contributed by atoms with E-state index in [2.05, 4.69) is 47.4 Å². The zero-order valence-electron chi connectivity index (χ0n) is 18.6. The molecule has 0 spiro atoms. The maximum atomic E-state index is 11.7. The summed E-state index contributed by atoms with van der Waals surface area (Å²) in [5.74, 6) is 1.86. The molecule has 1 amide bonds. The lowest BCUT2D eigenvalue weighted by Gasteiger charge is -2.32. The van der Waals surface area contributed by atoms with Crippen LogP contribution in [0, 0.1) is 11.8 Å². The Bertz CT molecular complexity index is 1060. The van der Waals surface area contributed by atoms with Crippen molar-refractivity contribution in [2.45, 2.75) is 38.1 Å². The topological polar surface area (TPSA) is 66.5 Å². The van der Waals surface area contributed by atoms with Gasteiger partial charge < -0.3 is 0 Å². The van der Waals surface area contributed by atoms with Crippen LogP contribution in [0.25, 0.3) is 6.08 Å². The number of piperidine rings is 1. The van der Waals surface area contributed by atoms with Crippen LogP contribution < -0.4 is 4.72 Å². The largest absolute Gasteiger partial charge is 0.299 e. The molecular weight excluding hydrogens is 420 g/mol. The molecule has 1 N–H and O–H groups in total. The molecule has 2 atom stereocenters. The van der Waals surface area contributed by atoms with Crippen molar-refractivity contribution in [1.29, 1.82) is 0 Å². The van der Waals surface area contributed by atoms with E-state index in [0.717, 1.165) is 49.2 Å². The molecule has 0 aromatic heterocycles. The van der Waals surface area contributed by atoms with E-state index in [1.165, 1.54) is 42.9 Å². The molecule has 6 heteroatoms. The Hall–Kier alpha value is -2.44. The van der Waals surface area contributed by atoms with Gasteiger partial charge in [-0.05, 0) is 79.3 Å². The first-order chi connectivity index (χ1) is 15.4. The average Bonchev–Trinajstić information content (AvgIpc) is 3.53. The second-order valence-corrected chi connectivity index (χ2v) is 11.0. The van der Waals surface area contributed by atoms with Gasteiger partial charge in [-0.3, -0.25) is 9.69 Å². The summed E-state index contributed by atoms with van der Waals surface area (Å²) in [5, 5.41) is 0. The number of carbonyl (C=O) groups excluding carboxylic acids is 1. The van der Waals surface area contributed by atoms with E-state index in [9.17, 15) is 13.2 Å². The van der Waals surface area contributed by atoms with Gasteiger partial charge >= 0.3 is 0 Å². The Morgan fingerprint density at radius 3 is 2.56 bits per heavy atom. The van der Waals surface area contributed by atoms with Crippen LogP contribution in [0.2, 0.25) is 0 Å². The molecule has 0 bridgehead atoms. The summed E-state index contributed by atoms with van der Waals surface area (Å²) in [4.78, 5) is 14.2. The molecular formula is C26H32N2O3S. The van der Waals surface area contributed by atoms with Crippen molar-refractivity contribution in [3.8, 4) is 0 Å². The third kappa shape index (κ3) is 6.78. The van der Waals surface area contributed by atoms with E-state index in [-0.39, 0.29) is 0 Å². The summed E-state index contributed by atoms with van der Waals surface area (Å²) >= 11 is 0. The van der Waals surface area contributed by atoms with Gasteiger partial charge in [0, 0.05) is 12.6 Å². The minimum absolute atomic E-state index is 0.634. The number of hydrogen-bond acceptors (Lipinski definition) is 4. The van der Waals surface area contributed by atoms with Crippen molar-refractivity contribution in [1.82, 2.24) is 9.62 Å². The molecule has 1 saturated heterocycles. The summed E-state index contributed by atoms with van der Waals surface area (Å²) in [7, 11) is -3.54. The number of likely N-dealkylation sites (tertiary alicyclic amines) is 1. The molecule has 0 unspecified atom stereocenters. The van der Waals surface area contributed by atoms with Crippen molar-refractivity contribution in [3.63, 3.8) is 0 Å². The average molecular weight is 453 g/mol. The van der Waals surface area contributed by atoms with Gasteiger partial charge in [0.25, 0.3) is 5.91 Å². The number of hydrogen-bond donors (Lipinski definition) is 1. The standard InChI is InChI=1S/C26H32N2O3S/c1-32(30,31)27-26(29)11-10-20-6-5-7-22(16-20)19-28-14-12-21(13-15-28)17-24-18-25(24)23-8-3-2-4-9-23/h2-11,16,21,24-25H,12-15,17-19H2,1H3,(H,27,29)/b11-10+/t24-,25+/m1/s1. The van der Waals surface area contributed by atoms with E-state index in [1.54, 1.807) is 6.08 Å². The lowest BCUT2D eigenvalue weighted by Crippen LogP contribution is -2.33. The van der Waals surface area contributed by atoms with Crippen LogP contribution in [0.5, 0.6) is 0 Å². The maximum Gasteiger partial charge on any atom is 0.257 e. The highest BCUT2D eigenvalue weighted by Crippen LogP contribution is 2.51. The molecule has 170 valence electrons. The van der Waals surface area contributed by atoms with Crippen LogP contribution in [-0.2, 0) is 21.4 Å². The molecule has 4 rings (SSSR count). The van der Waals surface area contributed by atoms with Crippen molar-refractivity contribution in [2.24, 2.45) is 11.8 Å². The van der Waals surface area contributed by atoms with E-state index >= 15 is 0 Å². The Kier molecular flexibility index (Phi) is 7.11. The van der Waals surface area contributed by atoms with Gasteiger partial charge in [0.1, 0.15) is 0 Å². The van der Waals surface area contributed by atoms with Crippen molar-refractivity contribution >= 4 is 22.0 Å². The third-order valence-electron chi connectivity index (χ3n) is 6.56. The van der Waals surface area contributed by atoms with Gasteiger partial charge in [-0.25, -0.2) is 13.1 Å². The highest BCUT2D eigenvalue weighted by atomic mass is 32.2. The highest BCUT2D eigenvalue weighted by molar-refractivity contribution is 7.89. The number of rotatable bonds is 8. The molecule has 1 aliphatic carbocycles. The van der Waals surface area contributed by atoms with Crippen LogP contribution in [0.3, 0.4) is 0 Å². The second kappa shape index (κ2) is 10.0. The zero-order chi connectivity index (χ0) is 22.6. The minimum Gasteiger partial charge on any atom is -0.299 e. The number of nitrogens with one attached hydrogen (secondary N) is 1. The van der Waals surface area contributed by atoms with Crippen LogP contribution in [0.4, 0.5) is 0 Å². The van der Waals surface area contributed by atoms with Gasteiger partial charge in [0.05, 0.1) is 6.26 Å². The first-order valence-electron chi connectivity index (χ1n) is 11.4. The van der Waals surface area contributed by atoms with E-state index in [1.807, 2.05) is 16.9 Å². The Balaban J connectivity index is 1.22. The summed E-state index contributed by atoms with van der Waals surface area (Å²) in [6, 6.07) is 19.0. The minimum atomic E-state index is -3.54. The predicted molar refractivity (Wildman–Crippen MR) is 128 cm³/mol. The third-order valence-corrected chi connectivity index (χ3v) is 7.14. The Morgan fingerprint density at radius 2 is 1.84 bits per heavy atom. The molecule has 1 saturated carbocycles. The lowest BCUT2D eigenvalue weighted by atomic mass is 9.90. The van der Waals surface area contributed by atoms with Crippen LogP contribution >= 0.6 is 0 Å². The zero-order valence-corrected chi connectivity index (χ0v) is 19.4. The summed E-state index contributed by atoms with van der Waals surface area (Å²) in [6.07, 6.45) is 9.12. The summed E-state index contributed by atoms with van der Waals surface area (Å²) in [5.41, 5.74) is 3.61. The van der Waals surface area contributed by atoms with Gasteiger partial charge in [0.15, 0.2) is 0 Å². The number of sulfonamides is 1. The predicted octanol–water partition coefficient (Wildman–Crippen LogP) is 4.18. The van der Waals surface area contributed by atoms with Crippen LogP contribution in [0.1, 0.15) is 48.3 Å². The monoisotopic (exact) mass is 452 g/mol. The van der Waals surface area contributed by atoms with Gasteiger partial charge in [-0.2, -0.15) is 0 Å². The summed E-state index contributed by atoms with van der Waals surface area (Å²) in [6.45, 7) is 3.16.